The summed E-state index contributed by atoms with van der Waals surface area (Å²) >= 11 is 7.21. The van der Waals surface area contributed by atoms with Gasteiger partial charge in [0.15, 0.2) is 20.8 Å². The highest BCUT2D eigenvalue weighted by molar-refractivity contribution is 7.90. The number of imide groups is 1. The maximum absolute atomic E-state index is 12.6. The zero-order valence-electron chi connectivity index (χ0n) is 16.4. The average molecular weight is 488 g/mol. The van der Waals surface area contributed by atoms with Crippen LogP contribution in [0.3, 0.4) is 0 Å². The van der Waals surface area contributed by atoms with E-state index >= 15 is 0 Å². The highest BCUT2D eigenvalue weighted by Crippen LogP contribution is 2.28. The maximum Gasteiger partial charge on any atom is 0.327 e. The standard InChI is InChI=1S/C20H14ClN5O4S2/c1-32(29,30)12-4-6-15-16(10-12)31-20(24-15)26-19(28)25-18(27)13-9-11(3-5-14(13)21)17-22-7-2-8-23-17/h2-10H,1H3,(H2,24,25,26,27,28). The van der Waals surface area contributed by atoms with Crippen molar-refractivity contribution in [2.75, 3.05) is 11.6 Å². The van der Waals surface area contributed by atoms with Gasteiger partial charge in [-0.25, -0.2) is 28.2 Å². The summed E-state index contributed by atoms with van der Waals surface area (Å²) in [5, 5.41) is 5.03. The molecular formula is C20H14ClN5O4S2. The van der Waals surface area contributed by atoms with Crippen LogP contribution in [0.4, 0.5) is 9.93 Å². The summed E-state index contributed by atoms with van der Waals surface area (Å²) < 4.78 is 24.0. The van der Waals surface area contributed by atoms with Crippen molar-refractivity contribution in [1.82, 2.24) is 20.3 Å². The fraction of sp³-hybridized carbons (Fsp3) is 0.0500. The monoisotopic (exact) mass is 487 g/mol. The Hall–Kier alpha value is -3.41. The number of anilines is 1. The van der Waals surface area contributed by atoms with Crippen molar-refractivity contribution in [3.05, 3.63) is 65.4 Å². The highest BCUT2D eigenvalue weighted by atomic mass is 35.5. The molecule has 2 heterocycles. The molecule has 0 aliphatic rings. The Balaban J connectivity index is 1.50. The molecule has 32 heavy (non-hydrogen) atoms. The first-order chi connectivity index (χ1) is 15.2. The zero-order valence-corrected chi connectivity index (χ0v) is 18.8. The van der Waals surface area contributed by atoms with Crippen LogP contribution in [-0.2, 0) is 9.84 Å². The number of rotatable bonds is 4. The first-order valence-corrected chi connectivity index (χ1v) is 12.1. The normalized spacial score (nSPS) is 11.3. The number of urea groups is 1. The molecule has 162 valence electrons. The van der Waals surface area contributed by atoms with Crippen LogP contribution < -0.4 is 10.6 Å². The van der Waals surface area contributed by atoms with Crippen molar-refractivity contribution >= 4 is 60.1 Å². The van der Waals surface area contributed by atoms with E-state index in [2.05, 4.69) is 25.6 Å². The zero-order chi connectivity index (χ0) is 22.9. The number of nitrogens with one attached hydrogen (secondary N) is 2. The lowest BCUT2D eigenvalue weighted by Crippen LogP contribution is -2.34. The van der Waals surface area contributed by atoms with Crippen LogP contribution >= 0.6 is 22.9 Å². The minimum absolute atomic E-state index is 0.0777. The van der Waals surface area contributed by atoms with Gasteiger partial charge in [-0.1, -0.05) is 22.9 Å². The Kier molecular flexibility index (Phi) is 5.87. The number of carbonyl (C=O) groups is 2. The number of hydrogen-bond acceptors (Lipinski definition) is 8. The van der Waals surface area contributed by atoms with Crippen LogP contribution in [0.15, 0.2) is 59.8 Å². The Morgan fingerprint density at radius 1 is 1.06 bits per heavy atom. The largest absolute Gasteiger partial charge is 0.327 e. The molecule has 0 aliphatic carbocycles. The van der Waals surface area contributed by atoms with E-state index in [1.165, 1.54) is 24.3 Å². The molecule has 2 aromatic heterocycles. The molecule has 0 atom stereocenters. The third-order valence-corrected chi connectivity index (χ3v) is 6.64. The number of sulfone groups is 1. The number of halogens is 1. The van der Waals surface area contributed by atoms with Crippen LogP contribution in [-0.4, -0.2) is 41.6 Å². The minimum Gasteiger partial charge on any atom is -0.283 e. The molecule has 0 saturated heterocycles. The molecule has 12 heteroatoms. The Morgan fingerprint density at radius 3 is 2.53 bits per heavy atom. The maximum atomic E-state index is 12.6. The van der Waals surface area contributed by atoms with E-state index in [1.54, 1.807) is 30.6 Å². The molecule has 0 aliphatic heterocycles. The van der Waals surface area contributed by atoms with Crippen LogP contribution in [0.2, 0.25) is 5.02 Å². The van der Waals surface area contributed by atoms with Crippen molar-refractivity contribution in [2.45, 2.75) is 4.90 Å². The van der Waals surface area contributed by atoms with E-state index in [4.69, 9.17) is 11.6 Å². The molecule has 9 nitrogen and oxygen atoms in total. The number of fused-ring (bicyclic) bond motifs is 1. The van der Waals surface area contributed by atoms with Gasteiger partial charge in [-0.2, -0.15) is 0 Å². The number of amides is 3. The average Bonchev–Trinajstić information content (AvgIpc) is 3.15. The lowest BCUT2D eigenvalue weighted by Gasteiger charge is -2.08. The molecule has 4 aromatic rings. The molecule has 0 fully saturated rings. The molecule has 4 rings (SSSR count). The van der Waals surface area contributed by atoms with Gasteiger partial charge in [-0.15, -0.1) is 0 Å². The molecule has 2 N–H and O–H groups in total. The van der Waals surface area contributed by atoms with E-state index in [0.29, 0.717) is 21.6 Å². The third-order valence-electron chi connectivity index (χ3n) is 4.27. The molecule has 0 radical (unpaired) electrons. The second kappa shape index (κ2) is 8.61. The van der Waals surface area contributed by atoms with Crippen molar-refractivity contribution < 1.29 is 18.0 Å². The van der Waals surface area contributed by atoms with Crippen LogP contribution in [0.5, 0.6) is 0 Å². The lowest BCUT2D eigenvalue weighted by molar-refractivity contribution is 0.0967. The van der Waals surface area contributed by atoms with Gasteiger partial charge in [0.1, 0.15) is 0 Å². The van der Waals surface area contributed by atoms with Crippen molar-refractivity contribution in [3.8, 4) is 11.4 Å². The van der Waals surface area contributed by atoms with Gasteiger partial charge in [0, 0.05) is 24.2 Å². The van der Waals surface area contributed by atoms with E-state index in [9.17, 15) is 18.0 Å². The molecule has 0 bridgehead atoms. The SMILES string of the molecule is CS(=O)(=O)c1ccc2nc(NC(=O)NC(=O)c3cc(-c4ncccn4)ccc3Cl)sc2c1. The summed E-state index contributed by atoms with van der Waals surface area (Å²) in [6.07, 6.45) is 4.25. The third kappa shape index (κ3) is 4.74. The van der Waals surface area contributed by atoms with E-state index in [1.807, 2.05) is 0 Å². The van der Waals surface area contributed by atoms with Crippen LogP contribution in [0.25, 0.3) is 21.6 Å². The van der Waals surface area contributed by atoms with E-state index in [-0.39, 0.29) is 20.6 Å². The van der Waals surface area contributed by atoms with Crippen LogP contribution in [0.1, 0.15) is 10.4 Å². The molecule has 0 spiro atoms. The number of hydrogen-bond donors (Lipinski definition) is 2. The van der Waals surface area contributed by atoms with Gasteiger partial charge in [0.05, 0.1) is 25.7 Å². The highest BCUT2D eigenvalue weighted by Gasteiger charge is 2.17. The van der Waals surface area contributed by atoms with E-state index in [0.717, 1.165) is 17.6 Å². The summed E-state index contributed by atoms with van der Waals surface area (Å²) in [6.45, 7) is 0. The van der Waals surface area contributed by atoms with Crippen LogP contribution in [0, 0.1) is 0 Å². The van der Waals surface area contributed by atoms with E-state index < -0.39 is 21.8 Å². The van der Waals surface area contributed by atoms with Crippen molar-refractivity contribution in [2.24, 2.45) is 0 Å². The number of thiazole rings is 1. The van der Waals surface area contributed by atoms with Gasteiger partial charge in [0.2, 0.25) is 0 Å². The summed E-state index contributed by atoms with van der Waals surface area (Å²) in [5.74, 6) is -0.309. The number of nitrogens with zero attached hydrogens (tertiary/aromatic N) is 3. The second-order valence-corrected chi connectivity index (χ2v) is 10.0. The van der Waals surface area contributed by atoms with Crippen molar-refractivity contribution in [3.63, 3.8) is 0 Å². The molecule has 3 amide bonds. The summed E-state index contributed by atoms with van der Waals surface area (Å²) in [4.78, 5) is 37.6. The Morgan fingerprint density at radius 2 is 1.81 bits per heavy atom. The summed E-state index contributed by atoms with van der Waals surface area (Å²) in [6, 6.07) is 10.0. The number of benzene rings is 2. The Labute approximate surface area is 191 Å². The minimum atomic E-state index is -3.37. The predicted molar refractivity (Wildman–Crippen MR) is 122 cm³/mol. The molecule has 0 unspecified atom stereocenters. The van der Waals surface area contributed by atoms with Gasteiger partial charge >= 0.3 is 6.03 Å². The molecule has 0 saturated carbocycles. The first kappa shape index (κ1) is 21.8. The van der Waals surface area contributed by atoms with Gasteiger partial charge in [0.25, 0.3) is 5.91 Å². The summed E-state index contributed by atoms with van der Waals surface area (Å²) in [5.41, 5.74) is 1.16. The predicted octanol–water partition coefficient (Wildman–Crippen LogP) is 3.77. The fourth-order valence-electron chi connectivity index (χ4n) is 2.77. The molecule has 2 aromatic carbocycles. The second-order valence-electron chi connectivity index (χ2n) is 6.60. The summed E-state index contributed by atoms with van der Waals surface area (Å²) in [7, 11) is -3.37. The quantitative estimate of drug-likeness (QED) is 0.447. The first-order valence-electron chi connectivity index (χ1n) is 9.00. The fourth-order valence-corrected chi connectivity index (χ4v) is 4.60. The van der Waals surface area contributed by atoms with Crippen molar-refractivity contribution in [1.29, 1.82) is 0 Å². The molecular weight excluding hydrogens is 474 g/mol. The number of carbonyl (C=O) groups excluding carboxylic acids is 2. The topological polar surface area (TPSA) is 131 Å². The van der Waals surface area contributed by atoms with Gasteiger partial charge in [-0.05, 0) is 42.5 Å². The number of aromatic nitrogens is 3. The van der Waals surface area contributed by atoms with Gasteiger partial charge < -0.3 is 0 Å². The Bertz CT molecular complexity index is 1460. The smallest absolute Gasteiger partial charge is 0.283 e. The lowest BCUT2D eigenvalue weighted by atomic mass is 10.1. The van der Waals surface area contributed by atoms with Gasteiger partial charge in [-0.3, -0.25) is 15.4 Å².